The first-order valence-corrected chi connectivity index (χ1v) is 9.57. The smallest absolute Gasteiger partial charge is 0.251 e. The number of methoxy groups -OCH3 is 2. The topological polar surface area (TPSA) is 84.0 Å². The molecule has 0 aliphatic heterocycles. The molecule has 0 atom stereocenters. The van der Waals surface area contributed by atoms with E-state index in [1.54, 1.807) is 28.3 Å². The van der Waals surface area contributed by atoms with Crippen LogP contribution in [0.25, 0.3) is 0 Å². The highest BCUT2D eigenvalue weighted by molar-refractivity contribution is 5.94. The average molecular weight is 399 g/mol. The van der Waals surface area contributed by atoms with Gasteiger partial charge in [-0.3, -0.25) is 9.79 Å². The number of amides is 1. The Hall–Kier alpha value is -3.22. The molecule has 0 radical (unpaired) electrons. The maximum absolute atomic E-state index is 11.7. The van der Waals surface area contributed by atoms with Crippen LogP contribution in [0, 0.1) is 0 Å². The number of nitrogens with zero attached hydrogens (tertiary/aromatic N) is 1. The van der Waals surface area contributed by atoms with Crippen molar-refractivity contribution < 1.29 is 14.3 Å². The van der Waals surface area contributed by atoms with Gasteiger partial charge in [-0.2, -0.15) is 0 Å². The number of ether oxygens (including phenoxy) is 2. The van der Waals surface area contributed by atoms with E-state index in [0.29, 0.717) is 12.1 Å². The minimum absolute atomic E-state index is 0.0764. The molecule has 0 heterocycles. The third-order valence-electron chi connectivity index (χ3n) is 4.50. The average Bonchev–Trinajstić information content (AvgIpc) is 2.77. The molecule has 0 spiro atoms. The summed E-state index contributed by atoms with van der Waals surface area (Å²) >= 11 is 0. The molecule has 0 bridgehead atoms. The number of benzene rings is 2. The normalized spacial score (nSPS) is 11.0. The van der Waals surface area contributed by atoms with Gasteiger partial charge in [0.1, 0.15) is 0 Å². The second kappa shape index (κ2) is 11.6. The lowest BCUT2D eigenvalue weighted by Crippen LogP contribution is -2.39. The molecular formula is C22H30N4O3. The molecule has 29 heavy (non-hydrogen) atoms. The van der Waals surface area contributed by atoms with Gasteiger partial charge in [-0.1, -0.05) is 18.2 Å². The molecule has 2 rings (SSSR count). The predicted molar refractivity (Wildman–Crippen MR) is 116 cm³/mol. The van der Waals surface area contributed by atoms with Gasteiger partial charge in [-0.15, -0.1) is 0 Å². The molecule has 0 saturated heterocycles. The van der Waals surface area contributed by atoms with Crippen molar-refractivity contribution in [3.8, 4) is 11.5 Å². The van der Waals surface area contributed by atoms with Crippen LogP contribution in [0.3, 0.4) is 0 Å². The van der Waals surface area contributed by atoms with Gasteiger partial charge in [0.15, 0.2) is 17.5 Å². The van der Waals surface area contributed by atoms with E-state index in [4.69, 9.17) is 9.47 Å². The van der Waals surface area contributed by atoms with Crippen molar-refractivity contribution in [3.63, 3.8) is 0 Å². The highest BCUT2D eigenvalue weighted by Gasteiger charge is 2.06. The summed E-state index contributed by atoms with van der Waals surface area (Å²) in [6.07, 6.45) is 1.62. The maximum Gasteiger partial charge on any atom is 0.251 e. The van der Waals surface area contributed by atoms with Crippen molar-refractivity contribution in [3.05, 3.63) is 59.2 Å². The van der Waals surface area contributed by atoms with Gasteiger partial charge in [0.25, 0.3) is 5.91 Å². The lowest BCUT2D eigenvalue weighted by molar-refractivity contribution is 0.0963. The highest BCUT2D eigenvalue weighted by Crippen LogP contribution is 2.27. The summed E-state index contributed by atoms with van der Waals surface area (Å²) in [7, 11) is 6.64. The van der Waals surface area contributed by atoms with Gasteiger partial charge in [0.2, 0.25) is 0 Å². The van der Waals surface area contributed by atoms with E-state index < -0.39 is 0 Å². The zero-order chi connectivity index (χ0) is 21.1. The number of aliphatic imine (C=N–C) groups is 1. The monoisotopic (exact) mass is 398 g/mol. The van der Waals surface area contributed by atoms with Crippen LogP contribution in [0.2, 0.25) is 0 Å². The van der Waals surface area contributed by atoms with Gasteiger partial charge >= 0.3 is 0 Å². The van der Waals surface area contributed by atoms with Crippen molar-refractivity contribution in [2.45, 2.75) is 12.8 Å². The highest BCUT2D eigenvalue weighted by atomic mass is 16.5. The minimum atomic E-state index is -0.0764. The largest absolute Gasteiger partial charge is 0.493 e. The minimum Gasteiger partial charge on any atom is -0.493 e. The third-order valence-corrected chi connectivity index (χ3v) is 4.50. The van der Waals surface area contributed by atoms with Crippen LogP contribution in [0.1, 0.15) is 21.5 Å². The van der Waals surface area contributed by atoms with Gasteiger partial charge in [0, 0.05) is 32.7 Å². The van der Waals surface area contributed by atoms with E-state index in [2.05, 4.69) is 20.9 Å². The van der Waals surface area contributed by atoms with Gasteiger partial charge in [0.05, 0.1) is 14.2 Å². The summed E-state index contributed by atoms with van der Waals surface area (Å²) in [6, 6.07) is 13.6. The van der Waals surface area contributed by atoms with Crippen LogP contribution < -0.4 is 25.4 Å². The summed E-state index contributed by atoms with van der Waals surface area (Å²) in [5.74, 6) is 2.12. The van der Waals surface area contributed by atoms with E-state index in [9.17, 15) is 4.79 Å². The number of carbonyl (C=O) groups excluding carboxylic acids is 1. The van der Waals surface area contributed by atoms with Crippen molar-refractivity contribution in [2.75, 3.05) is 41.4 Å². The number of hydrogen-bond acceptors (Lipinski definition) is 4. The molecule has 7 heteroatoms. The fourth-order valence-corrected chi connectivity index (χ4v) is 2.92. The van der Waals surface area contributed by atoms with Crippen LogP contribution in [-0.2, 0) is 12.8 Å². The quantitative estimate of drug-likeness (QED) is 0.445. The lowest BCUT2D eigenvalue weighted by atomic mass is 10.1. The van der Waals surface area contributed by atoms with E-state index in [1.165, 1.54) is 0 Å². The van der Waals surface area contributed by atoms with E-state index in [0.717, 1.165) is 48.0 Å². The Kier molecular flexibility index (Phi) is 8.82. The number of hydrogen-bond donors (Lipinski definition) is 3. The van der Waals surface area contributed by atoms with E-state index >= 15 is 0 Å². The Labute approximate surface area is 172 Å². The second-order valence-electron chi connectivity index (χ2n) is 6.39. The first kappa shape index (κ1) is 22.1. The van der Waals surface area contributed by atoms with Crippen LogP contribution in [-0.4, -0.2) is 53.3 Å². The van der Waals surface area contributed by atoms with Crippen molar-refractivity contribution in [1.82, 2.24) is 16.0 Å². The summed E-state index contributed by atoms with van der Waals surface area (Å²) in [5, 5.41) is 9.26. The first-order chi connectivity index (χ1) is 14.1. The molecule has 0 aromatic heterocycles. The second-order valence-corrected chi connectivity index (χ2v) is 6.39. The molecule has 1 amide bonds. The summed E-state index contributed by atoms with van der Waals surface area (Å²) in [6.45, 7) is 1.45. The molecule has 0 aliphatic carbocycles. The number of guanidine groups is 1. The van der Waals surface area contributed by atoms with E-state index in [-0.39, 0.29) is 5.91 Å². The van der Waals surface area contributed by atoms with Crippen molar-refractivity contribution >= 4 is 11.9 Å². The van der Waals surface area contributed by atoms with Crippen LogP contribution in [0.5, 0.6) is 11.5 Å². The zero-order valence-corrected chi connectivity index (χ0v) is 17.5. The zero-order valence-electron chi connectivity index (χ0n) is 17.5. The number of carbonyl (C=O) groups is 1. The van der Waals surface area contributed by atoms with Crippen LogP contribution in [0.15, 0.2) is 47.5 Å². The number of nitrogens with one attached hydrogen (secondary N) is 3. The Balaban J connectivity index is 1.79. The predicted octanol–water partition coefficient (Wildman–Crippen LogP) is 2.01. The van der Waals surface area contributed by atoms with Crippen LogP contribution in [0.4, 0.5) is 0 Å². The third kappa shape index (κ3) is 6.71. The first-order valence-electron chi connectivity index (χ1n) is 9.57. The Morgan fingerprint density at radius 2 is 1.59 bits per heavy atom. The van der Waals surface area contributed by atoms with Gasteiger partial charge < -0.3 is 25.4 Å². The van der Waals surface area contributed by atoms with E-state index in [1.807, 2.05) is 42.5 Å². The fourth-order valence-electron chi connectivity index (χ4n) is 2.92. The maximum atomic E-state index is 11.7. The molecule has 0 aliphatic rings. The Morgan fingerprint density at radius 1 is 0.931 bits per heavy atom. The molecule has 0 saturated carbocycles. The lowest BCUT2D eigenvalue weighted by Gasteiger charge is -2.13. The molecule has 0 fully saturated rings. The van der Waals surface area contributed by atoms with Crippen LogP contribution >= 0.6 is 0 Å². The molecule has 2 aromatic carbocycles. The Morgan fingerprint density at radius 3 is 2.17 bits per heavy atom. The van der Waals surface area contributed by atoms with Gasteiger partial charge in [-0.25, -0.2) is 0 Å². The molecule has 7 nitrogen and oxygen atoms in total. The SMILES string of the molecule is CN=C(NCCc1cccc(C(=O)NC)c1)NCCc1ccc(OC)c(OC)c1. The standard InChI is InChI=1S/C22H30N4O3/c1-23-21(27)18-7-5-6-16(14-18)10-12-25-22(24-2)26-13-11-17-8-9-19(28-3)20(15-17)29-4/h5-9,14-15H,10-13H2,1-4H3,(H,23,27)(H2,24,25,26). The van der Waals surface area contributed by atoms with Gasteiger partial charge in [-0.05, 0) is 48.2 Å². The summed E-state index contributed by atoms with van der Waals surface area (Å²) in [5.41, 5.74) is 2.92. The number of rotatable bonds is 9. The summed E-state index contributed by atoms with van der Waals surface area (Å²) < 4.78 is 10.6. The fraction of sp³-hybridized carbons (Fsp3) is 0.364. The molecular weight excluding hydrogens is 368 g/mol. The summed E-state index contributed by atoms with van der Waals surface area (Å²) in [4.78, 5) is 16.0. The van der Waals surface area contributed by atoms with Crippen molar-refractivity contribution in [2.24, 2.45) is 4.99 Å². The molecule has 2 aromatic rings. The Bertz CT molecular complexity index is 837. The molecule has 156 valence electrons. The molecule has 3 N–H and O–H groups in total. The molecule has 0 unspecified atom stereocenters. The van der Waals surface area contributed by atoms with Crippen molar-refractivity contribution in [1.29, 1.82) is 0 Å².